The SMILES string of the molecule is Cc1nn(Cc2ccccc2)c(C)c1CN=C(N)NCC(C)C. The van der Waals surface area contributed by atoms with Gasteiger partial charge in [-0.3, -0.25) is 4.68 Å². The first-order chi connectivity index (χ1) is 11.0. The quantitative estimate of drug-likeness (QED) is 0.636. The maximum absolute atomic E-state index is 5.91. The van der Waals surface area contributed by atoms with E-state index in [9.17, 15) is 0 Å². The fourth-order valence-corrected chi connectivity index (χ4v) is 2.40. The maximum Gasteiger partial charge on any atom is 0.188 e. The van der Waals surface area contributed by atoms with Crippen molar-refractivity contribution in [2.45, 2.75) is 40.8 Å². The van der Waals surface area contributed by atoms with Crippen LogP contribution in [0.2, 0.25) is 0 Å². The molecule has 5 nitrogen and oxygen atoms in total. The number of nitrogens with zero attached hydrogens (tertiary/aromatic N) is 3. The molecule has 0 atom stereocenters. The number of aliphatic imine (C=N–C) groups is 1. The smallest absolute Gasteiger partial charge is 0.188 e. The third kappa shape index (κ3) is 4.84. The van der Waals surface area contributed by atoms with Gasteiger partial charge in [0.1, 0.15) is 0 Å². The number of hydrogen-bond donors (Lipinski definition) is 2. The van der Waals surface area contributed by atoms with Crippen molar-refractivity contribution >= 4 is 5.96 Å². The molecular weight excluding hydrogens is 286 g/mol. The number of aryl methyl sites for hydroxylation is 1. The fourth-order valence-electron chi connectivity index (χ4n) is 2.40. The molecule has 3 N–H and O–H groups in total. The van der Waals surface area contributed by atoms with Crippen LogP contribution in [-0.4, -0.2) is 22.3 Å². The highest BCUT2D eigenvalue weighted by Gasteiger charge is 2.11. The van der Waals surface area contributed by atoms with E-state index in [1.807, 2.05) is 29.8 Å². The molecule has 1 heterocycles. The molecule has 0 saturated carbocycles. The highest BCUT2D eigenvalue weighted by molar-refractivity contribution is 5.77. The van der Waals surface area contributed by atoms with Crippen LogP contribution in [0.5, 0.6) is 0 Å². The van der Waals surface area contributed by atoms with Crippen LogP contribution in [0, 0.1) is 19.8 Å². The molecule has 1 aromatic carbocycles. The molecule has 0 radical (unpaired) electrons. The summed E-state index contributed by atoms with van der Waals surface area (Å²) in [7, 11) is 0. The molecule has 0 aliphatic rings. The van der Waals surface area contributed by atoms with Crippen molar-refractivity contribution in [2.24, 2.45) is 16.6 Å². The topological polar surface area (TPSA) is 68.2 Å². The average molecular weight is 313 g/mol. The third-order valence-electron chi connectivity index (χ3n) is 3.81. The zero-order valence-electron chi connectivity index (χ0n) is 14.5. The van der Waals surface area contributed by atoms with Crippen LogP contribution in [0.4, 0.5) is 0 Å². The first-order valence-corrected chi connectivity index (χ1v) is 8.08. The molecule has 0 saturated heterocycles. The number of nitrogens with one attached hydrogen (secondary N) is 1. The summed E-state index contributed by atoms with van der Waals surface area (Å²) in [6.07, 6.45) is 0. The Kier molecular flexibility index (Phi) is 5.79. The largest absolute Gasteiger partial charge is 0.370 e. The van der Waals surface area contributed by atoms with E-state index in [1.54, 1.807) is 0 Å². The fraction of sp³-hybridized carbons (Fsp3) is 0.444. The Morgan fingerprint density at radius 2 is 1.96 bits per heavy atom. The van der Waals surface area contributed by atoms with Crippen molar-refractivity contribution in [3.05, 3.63) is 52.8 Å². The van der Waals surface area contributed by atoms with Crippen molar-refractivity contribution in [2.75, 3.05) is 6.54 Å². The van der Waals surface area contributed by atoms with E-state index < -0.39 is 0 Å². The molecule has 5 heteroatoms. The van der Waals surface area contributed by atoms with Crippen LogP contribution in [0.1, 0.15) is 36.4 Å². The molecule has 2 aromatic rings. The van der Waals surface area contributed by atoms with Crippen molar-refractivity contribution in [3.63, 3.8) is 0 Å². The Morgan fingerprint density at radius 3 is 2.61 bits per heavy atom. The van der Waals surface area contributed by atoms with E-state index in [4.69, 9.17) is 5.73 Å². The van der Waals surface area contributed by atoms with Gasteiger partial charge in [-0.1, -0.05) is 44.2 Å². The monoisotopic (exact) mass is 313 g/mol. The lowest BCUT2D eigenvalue weighted by Crippen LogP contribution is -2.34. The standard InChI is InChI=1S/C18H27N5/c1-13(2)10-20-18(19)21-11-17-14(3)22-23(15(17)4)12-16-8-6-5-7-9-16/h5-9,13H,10-12H2,1-4H3,(H3,19,20,21). The predicted octanol–water partition coefficient (Wildman–Crippen LogP) is 2.61. The molecule has 0 aliphatic heterocycles. The van der Waals surface area contributed by atoms with E-state index >= 15 is 0 Å². The second-order valence-corrected chi connectivity index (χ2v) is 6.27. The lowest BCUT2D eigenvalue weighted by atomic mass is 10.2. The van der Waals surface area contributed by atoms with Gasteiger partial charge in [-0.2, -0.15) is 5.10 Å². The molecule has 0 unspecified atom stereocenters. The molecule has 0 amide bonds. The first-order valence-electron chi connectivity index (χ1n) is 8.08. The summed E-state index contributed by atoms with van der Waals surface area (Å²) in [6, 6.07) is 10.3. The minimum absolute atomic E-state index is 0.494. The summed E-state index contributed by atoms with van der Waals surface area (Å²) in [5, 5.41) is 7.78. The number of aromatic nitrogens is 2. The average Bonchev–Trinajstić information content (AvgIpc) is 2.78. The summed E-state index contributed by atoms with van der Waals surface area (Å²) in [5.74, 6) is 1.04. The van der Waals surface area contributed by atoms with Crippen molar-refractivity contribution < 1.29 is 0 Å². The van der Waals surface area contributed by atoms with Gasteiger partial charge in [0.25, 0.3) is 0 Å². The number of rotatable bonds is 6. The van der Waals surface area contributed by atoms with Gasteiger partial charge in [0.15, 0.2) is 5.96 Å². The molecular formula is C18H27N5. The Morgan fingerprint density at radius 1 is 1.26 bits per heavy atom. The van der Waals surface area contributed by atoms with Gasteiger partial charge in [0.05, 0.1) is 18.8 Å². The summed E-state index contributed by atoms with van der Waals surface area (Å²) in [4.78, 5) is 4.44. The first kappa shape index (κ1) is 17.1. The molecule has 0 fully saturated rings. The molecule has 23 heavy (non-hydrogen) atoms. The summed E-state index contributed by atoms with van der Waals surface area (Å²) in [6.45, 7) is 10.6. The minimum atomic E-state index is 0.494. The van der Waals surface area contributed by atoms with Crippen LogP contribution in [-0.2, 0) is 13.1 Å². The zero-order valence-corrected chi connectivity index (χ0v) is 14.5. The number of hydrogen-bond acceptors (Lipinski definition) is 2. The van der Waals surface area contributed by atoms with E-state index in [-0.39, 0.29) is 0 Å². The summed E-state index contributed by atoms with van der Waals surface area (Å²) in [5.41, 5.74) is 10.5. The second-order valence-electron chi connectivity index (χ2n) is 6.27. The lowest BCUT2D eigenvalue weighted by molar-refractivity contribution is 0.621. The molecule has 124 valence electrons. The third-order valence-corrected chi connectivity index (χ3v) is 3.81. The summed E-state index contributed by atoms with van der Waals surface area (Å²) >= 11 is 0. The van der Waals surface area contributed by atoms with Gasteiger partial charge in [0.2, 0.25) is 0 Å². The molecule has 0 bridgehead atoms. The maximum atomic E-state index is 5.91. The highest BCUT2D eigenvalue weighted by Crippen LogP contribution is 2.15. The van der Waals surface area contributed by atoms with Crippen LogP contribution in [0.25, 0.3) is 0 Å². The second kappa shape index (κ2) is 7.81. The summed E-state index contributed by atoms with van der Waals surface area (Å²) < 4.78 is 2.03. The van der Waals surface area contributed by atoms with Gasteiger partial charge in [0, 0.05) is 17.8 Å². The predicted molar refractivity (Wildman–Crippen MR) is 95.4 cm³/mol. The molecule has 1 aromatic heterocycles. The van der Waals surface area contributed by atoms with Crippen LogP contribution in [0.3, 0.4) is 0 Å². The van der Waals surface area contributed by atoms with E-state index in [0.717, 1.165) is 30.0 Å². The normalized spacial score (nSPS) is 12.0. The Bertz CT molecular complexity index is 656. The number of nitrogens with two attached hydrogens (primary N) is 1. The van der Waals surface area contributed by atoms with Crippen LogP contribution < -0.4 is 11.1 Å². The molecule has 0 aliphatic carbocycles. The molecule has 0 spiro atoms. The minimum Gasteiger partial charge on any atom is -0.370 e. The van der Waals surface area contributed by atoms with Gasteiger partial charge < -0.3 is 11.1 Å². The van der Waals surface area contributed by atoms with Gasteiger partial charge in [-0.15, -0.1) is 0 Å². The zero-order chi connectivity index (χ0) is 16.8. The van der Waals surface area contributed by atoms with Gasteiger partial charge in [-0.25, -0.2) is 4.99 Å². The Balaban J connectivity index is 2.07. The van der Waals surface area contributed by atoms with E-state index in [0.29, 0.717) is 18.4 Å². The Labute approximate surface area is 138 Å². The number of guanidine groups is 1. The van der Waals surface area contributed by atoms with E-state index in [2.05, 4.69) is 48.3 Å². The number of benzene rings is 1. The molecule has 2 rings (SSSR count). The van der Waals surface area contributed by atoms with Crippen LogP contribution in [0.15, 0.2) is 35.3 Å². The van der Waals surface area contributed by atoms with Crippen molar-refractivity contribution in [1.82, 2.24) is 15.1 Å². The highest BCUT2D eigenvalue weighted by atomic mass is 15.3. The van der Waals surface area contributed by atoms with Crippen molar-refractivity contribution in [3.8, 4) is 0 Å². The van der Waals surface area contributed by atoms with Crippen molar-refractivity contribution in [1.29, 1.82) is 0 Å². The van der Waals surface area contributed by atoms with Gasteiger partial charge >= 0.3 is 0 Å². The Hall–Kier alpha value is -2.30. The van der Waals surface area contributed by atoms with E-state index in [1.165, 1.54) is 5.56 Å². The van der Waals surface area contributed by atoms with Gasteiger partial charge in [-0.05, 0) is 25.3 Å². The lowest BCUT2D eigenvalue weighted by Gasteiger charge is -2.08. The van der Waals surface area contributed by atoms with Crippen LogP contribution >= 0.6 is 0 Å².